The van der Waals surface area contributed by atoms with E-state index >= 15 is 0 Å². The molecule has 0 aliphatic carbocycles. The number of carbonyl (C=O) groups is 13. The number of nitrogens with zero attached hydrogens (tertiary/aromatic N) is 5. The normalized spacial score (nSPS) is 23.0. The first-order valence-corrected chi connectivity index (χ1v) is 36.6. The molecule has 0 aromatic heterocycles. The highest BCUT2D eigenvalue weighted by Gasteiger charge is 2.54. The molecule has 0 bridgehead atoms. The van der Waals surface area contributed by atoms with Gasteiger partial charge in [-0.25, -0.2) is 4.79 Å². The van der Waals surface area contributed by atoms with Crippen LogP contribution in [0.2, 0.25) is 0 Å². The molecule has 8 atom stereocenters. The van der Waals surface area contributed by atoms with Crippen molar-refractivity contribution in [2.75, 3.05) is 57.7 Å². The second kappa shape index (κ2) is 36.5. The van der Waals surface area contributed by atoms with Crippen LogP contribution in [0.5, 0.6) is 23.0 Å². The van der Waals surface area contributed by atoms with Crippen molar-refractivity contribution in [3.8, 4) is 23.0 Å². The Balaban J connectivity index is 0.878. The first-order valence-electron chi connectivity index (χ1n) is 36.2. The Morgan fingerprint density at radius 1 is 0.660 bits per heavy atom. The Bertz CT molecular complexity index is 3840. The molecule has 0 saturated carbocycles. The molecule has 3 aromatic carbocycles. The summed E-state index contributed by atoms with van der Waals surface area (Å²) >= 11 is 5.69. The number of thiocarbonyl (C=S) groups is 1. The van der Waals surface area contributed by atoms with Gasteiger partial charge in [-0.2, -0.15) is 0 Å². The van der Waals surface area contributed by atoms with Gasteiger partial charge < -0.3 is 97.1 Å². The highest BCUT2D eigenvalue weighted by molar-refractivity contribution is 7.80. The first kappa shape index (κ1) is 79.7. The number of phenols is 2. The van der Waals surface area contributed by atoms with Crippen molar-refractivity contribution < 1.29 is 97.3 Å². The quantitative estimate of drug-likeness (QED) is 0.0400. The minimum absolute atomic E-state index is 0.0109. The summed E-state index contributed by atoms with van der Waals surface area (Å²) in [5.41, 5.74) is 6.06. The van der Waals surface area contributed by atoms with Gasteiger partial charge in [-0.15, -0.1) is 0 Å². The van der Waals surface area contributed by atoms with Crippen LogP contribution in [0.1, 0.15) is 169 Å². The summed E-state index contributed by atoms with van der Waals surface area (Å²) in [6.07, 6.45) is 6.90. The molecule has 572 valence electrons. The lowest BCUT2D eigenvalue weighted by molar-refractivity contribution is -0.150. The van der Waals surface area contributed by atoms with Crippen LogP contribution in [0.15, 0.2) is 66.7 Å². The number of amides is 10. The fraction of sp³-hybridized carbons (Fsp3) is 0.534. The van der Waals surface area contributed by atoms with Gasteiger partial charge in [0.1, 0.15) is 65.3 Å². The van der Waals surface area contributed by atoms with Crippen LogP contribution >= 0.6 is 12.2 Å². The maximum absolute atomic E-state index is 14.7. The molecule has 13 N–H and O–H groups in total. The highest BCUT2D eigenvalue weighted by Crippen LogP contribution is 2.57. The first-order chi connectivity index (χ1) is 50.6. The number of carboxylic acid groups (broad SMARTS) is 2. The minimum Gasteiger partial charge on any atom is -0.508 e. The number of carboxylic acids is 2. The number of primary amides is 1. The summed E-state index contributed by atoms with van der Waals surface area (Å²) in [7, 11) is 0. The Hall–Kier alpha value is -10.4. The van der Waals surface area contributed by atoms with E-state index in [0.717, 1.165) is 11.3 Å². The molecule has 6 aliphatic rings. The van der Waals surface area contributed by atoms with E-state index in [1.54, 1.807) is 30.3 Å². The van der Waals surface area contributed by atoms with E-state index in [-0.39, 0.29) is 105 Å². The van der Waals surface area contributed by atoms with Gasteiger partial charge in [-0.1, -0.05) is 25.0 Å². The molecule has 10 amide bonds. The summed E-state index contributed by atoms with van der Waals surface area (Å²) < 4.78 is 12.3. The molecular formula is C73H94N12O20S. The average Bonchev–Trinajstić information content (AvgIpc) is 1.47. The van der Waals surface area contributed by atoms with E-state index in [0.29, 0.717) is 93.1 Å². The predicted molar refractivity (Wildman–Crippen MR) is 383 cm³/mol. The fourth-order valence-corrected chi connectivity index (χ4v) is 14.7. The molecule has 1 spiro atoms. The van der Waals surface area contributed by atoms with Crippen molar-refractivity contribution in [1.29, 1.82) is 0 Å². The summed E-state index contributed by atoms with van der Waals surface area (Å²) in [4.78, 5) is 184. The molecule has 3 aromatic rings. The number of aliphatic hydroxyl groups is 1. The number of phenolic OH excluding ortho intramolecular Hbond substituents is 2. The number of carbonyl (C=O) groups excluding carboxylic acids is 11. The third-order valence-electron chi connectivity index (χ3n) is 19.9. The van der Waals surface area contributed by atoms with Crippen LogP contribution in [-0.2, 0) is 67.9 Å². The number of aliphatic hydroxyl groups excluding tert-OH is 1. The number of nitrogens with two attached hydrogens (primary N) is 1. The summed E-state index contributed by atoms with van der Waals surface area (Å²) in [5, 5.41) is 67.4. The number of hydrogen-bond acceptors (Lipinski definition) is 19. The van der Waals surface area contributed by atoms with Crippen molar-refractivity contribution >= 4 is 100.0 Å². The Kier molecular flexibility index (Phi) is 27.4. The lowest BCUT2D eigenvalue weighted by Gasteiger charge is -2.36. The van der Waals surface area contributed by atoms with Gasteiger partial charge in [0.15, 0.2) is 10.7 Å². The molecule has 33 heteroatoms. The summed E-state index contributed by atoms with van der Waals surface area (Å²) in [6.45, 7) is 2.21. The number of rotatable bonds is 17. The molecule has 6 aliphatic heterocycles. The van der Waals surface area contributed by atoms with Crippen LogP contribution in [0.4, 0.5) is 5.69 Å². The zero-order valence-electron chi connectivity index (χ0n) is 59.4. The number of aliphatic carboxylic acids is 2. The monoisotopic (exact) mass is 1490 g/mol. The Morgan fingerprint density at radius 3 is 1.92 bits per heavy atom. The maximum Gasteiger partial charge on any atom is 0.340 e. The van der Waals surface area contributed by atoms with E-state index in [1.807, 2.05) is 12.2 Å². The SMILES string of the molecule is C[C@@H]1NC(=O)[C@H]([C@@H](C)O)NC(=O)[C@@H]2CCCN2C(=O)[C@H](CCC(=O)O)NC(=O)CN(C(=O)CCCCNC(=S)Nc2ccc3c(c2)C2(OC3=O)c3ccc(O)cc3Oc3cc(O)ccc32)CCC/C=C\CCCCCCN(CC(=O)N[C@@H](CCC(=O)O)C(N)=O)C(=O)[C@@H]2CCCN2C(=O)[C@@H]2CCCN2C1=O. The van der Waals surface area contributed by atoms with Gasteiger partial charge in [0, 0.05) is 93.0 Å². The van der Waals surface area contributed by atoms with E-state index in [9.17, 15) is 87.9 Å². The second-order valence-corrected chi connectivity index (χ2v) is 28.0. The van der Waals surface area contributed by atoms with Crippen LogP contribution in [0, 0.1) is 0 Å². The molecule has 106 heavy (non-hydrogen) atoms. The fourth-order valence-electron chi connectivity index (χ4n) is 14.5. The minimum atomic E-state index is -1.69. The lowest BCUT2D eigenvalue weighted by atomic mass is 9.77. The molecule has 3 fully saturated rings. The van der Waals surface area contributed by atoms with Crippen LogP contribution in [0.25, 0.3) is 0 Å². The van der Waals surface area contributed by atoms with E-state index in [2.05, 4.69) is 31.9 Å². The predicted octanol–water partition coefficient (Wildman–Crippen LogP) is 2.61. The number of ether oxygens (including phenoxy) is 2. The zero-order valence-corrected chi connectivity index (χ0v) is 60.2. The smallest absolute Gasteiger partial charge is 0.340 e. The van der Waals surface area contributed by atoms with Gasteiger partial charge in [0.25, 0.3) is 0 Å². The molecule has 3 saturated heterocycles. The zero-order chi connectivity index (χ0) is 76.5. The molecular weight excluding hydrogens is 1400 g/mol. The van der Waals surface area contributed by atoms with E-state index in [1.165, 1.54) is 57.7 Å². The standard InChI is InChI=1S/C73H94N12O20S/c1-42-67(99)84-35-16-19-55(84)70(102)85-36-15-18-54(85)69(101)82(41-59(90)78-51(64(74)96)27-29-61(92)93)33-13-9-7-5-3-4-6-8-12-32-81(40-58(89)79-52(28-30-62(94)95)68(100)83-34-14-17-53(83)65(97)80-63(43(2)86)66(98)76-42)60(91)20-10-11-31-75-72(106)77-44-21-24-47-50(37-44)73(105-71(47)103)48-25-22-45(87)38-56(48)104-57-39-46(88)23-26-49(57)73/h4,6,21-26,37-39,42-43,51-55,63,86-88H,3,5,7-20,27-36,40-41H2,1-2H3,(H2,74,96)(H,76,98)(H,78,90)(H,79,89)(H,80,97)(H,92,93)(H,94,95)(H2,75,77,106)/b6-4-/t42-,43+,51-,52-,53-,54-,55-,63-/m0/s1. The maximum atomic E-state index is 14.7. The Morgan fingerprint density at radius 2 is 1.27 bits per heavy atom. The topological polar surface area (TPSA) is 456 Å². The number of nitrogens with one attached hydrogen (secondary N) is 6. The average molecular weight is 1490 g/mol. The molecule has 6 heterocycles. The number of fused-ring (bicyclic) bond motifs is 9. The third kappa shape index (κ3) is 19.7. The van der Waals surface area contributed by atoms with Crippen molar-refractivity contribution in [2.45, 2.75) is 196 Å². The van der Waals surface area contributed by atoms with Gasteiger partial charge in [-0.05, 0) is 165 Å². The number of aromatic hydroxyl groups is 2. The third-order valence-corrected chi connectivity index (χ3v) is 20.1. The van der Waals surface area contributed by atoms with E-state index < -0.39 is 163 Å². The molecule has 0 unspecified atom stereocenters. The number of unbranched alkanes of at least 4 members (excludes halogenated alkanes) is 1. The van der Waals surface area contributed by atoms with Crippen LogP contribution in [0.3, 0.4) is 0 Å². The van der Waals surface area contributed by atoms with Crippen molar-refractivity contribution in [3.05, 3.63) is 89.0 Å². The number of esters is 1. The largest absolute Gasteiger partial charge is 0.508 e. The number of benzene rings is 3. The number of allylic oxidation sites excluding steroid dienone is 2. The number of hydrogen-bond donors (Lipinski definition) is 12. The molecule has 32 nitrogen and oxygen atoms in total. The Labute approximate surface area is 617 Å². The van der Waals surface area contributed by atoms with E-state index in [4.69, 9.17) is 27.4 Å². The lowest BCUT2D eigenvalue weighted by Crippen LogP contribution is -2.61. The van der Waals surface area contributed by atoms with Gasteiger partial charge in [-0.3, -0.25) is 57.5 Å². The van der Waals surface area contributed by atoms with Gasteiger partial charge in [0.05, 0.1) is 24.8 Å². The highest BCUT2D eigenvalue weighted by atomic mass is 32.1. The van der Waals surface area contributed by atoms with Gasteiger partial charge >= 0.3 is 17.9 Å². The molecule has 9 rings (SSSR count). The van der Waals surface area contributed by atoms with Crippen LogP contribution in [-0.4, -0.2) is 233 Å². The summed E-state index contributed by atoms with van der Waals surface area (Å²) in [5.74, 6) is -10.2. The van der Waals surface area contributed by atoms with Crippen LogP contribution < -0.4 is 42.4 Å². The van der Waals surface area contributed by atoms with Crippen molar-refractivity contribution in [2.24, 2.45) is 5.73 Å². The van der Waals surface area contributed by atoms with Crippen molar-refractivity contribution in [3.63, 3.8) is 0 Å². The number of anilines is 1. The summed E-state index contributed by atoms with van der Waals surface area (Å²) in [6, 6.07) is 4.61. The molecule has 0 radical (unpaired) electrons. The second-order valence-electron chi connectivity index (χ2n) is 27.6. The van der Waals surface area contributed by atoms with Crippen molar-refractivity contribution in [1.82, 2.24) is 51.1 Å². The van der Waals surface area contributed by atoms with Gasteiger partial charge in [0.2, 0.25) is 59.1 Å².